The van der Waals surface area contributed by atoms with Gasteiger partial charge in [0, 0.05) is 17.8 Å². The largest absolute Gasteiger partial charge is 0.508 e. The van der Waals surface area contributed by atoms with E-state index in [-0.39, 0.29) is 23.7 Å². The predicted octanol–water partition coefficient (Wildman–Crippen LogP) is 1.73. The lowest BCUT2D eigenvalue weighted by Gasteiger charge is -2.33. The van der Waals surface area contributed by atoms with Gasteiger partial charge in [0.2, 0.25) is 5.91 Å². The molecule has 0 radical (unpaired) electrons. The molecule has 2 aromatic carbocycles. The van der Waals surface area contributed by atoms with Crippen molar-refractivity contribution < 1.29 is 9.90 Å². The smallest absolute Gasteiger partial charge is 0.243 e. The molecule has 5 N–H and O–H groups in total. The molecular formula is C19H21N3O2. The van der Waals surface area contributed by atoms with Crippen molar-refractivity contribution in [3.63, 3.8) is 0 Å². The first-order valence-corrected chi connectivity index (χ1v) is 7.89. The summed E-state index contributed by atoms with van der Waals surface area (Å²) in [6.07, 6.45) is 1.21. The van der Waals surface area contributed by atoms with Gasteiger partial charge >= 0.3 is 0 Å². The number of hydrogen-bond acceptors (Lipinski definition) is 4. The number of carbonyl (C=O) groups is 1. The molecule has 0 aromatic heterocycles. The van der Waals surface area contributed by atoms with Crippen LogP contribution in [-0.2, 0) is 17.6 Å². The van der Waals surface area contributed by atoms with Crippen LogP contribution < -0.4 is 16.4 Å². The summed E-state index contributed by atoms with van der Waals surface area (Å²) < 4.78 is 0. The molecule has 0 spiro atoms. The molecule has 1 aliphatic rings. The average Bonchev–Trinajstić information content (AvgIpc) is 2.56. The number of nitrogen functional groups attached to an aromatic ring is 1. The number of rotatable bonds is 4. The molecule has 1 saturated heterocycles. The molecule has 24 heavy (non-hydrogen) atoms. The number of benzene rings is 2. The number of aromatic hydroxyl groups is 1. The number of amides is 1. The van der Waals surface area contributed by atoms with Crippen LogP contribution in [0.3, 0.4) is 0 Å². The summed E-state index contributed by atoms with van der Waals surface area (Å²) in [6, 6.07) is 14.0. The molecule has 0 bridgehead atoms. The van der Waals surface area contributed by atoms with E-state index in [9.17, 15) is 9.90 Å². The zero-order valence-electron chi connectivity index (χ0n) is 13.3. The van der Waals surface area contributed by atoms with Crippen molar-refractivity contribution in [2.45, 2.75) is 24.9 Å². The summed E-state index contributed by atoms with van der Waals surface area (Å²) in [7, 11) is 0. The van der Waals surface area contributed by atoms with E-state index >= 15 is 0 Å². The first-order chi connectivity index (χ1) is 11.5. The van der Waals surface area contributed by atoms with Gasteiger partial charge < -0.3 is 21.5 Å². The summed E-state index contributed by atoms with van der Waals surface area (Å²) in [4.78, 5) is 12.4. The summed E-state index contributed by atoms with van der Waals surface area (Å²) in [5.74, 6) is 0.170. The van der Waals surface area contributed by atoms with Crippen LogP contribution >= 0.6 is 0 Å². The van der Waals surface area contributed by atoms with Crippen LogP contribution in [0.1, 0.15) is 11.1 Å². The van der Waals surface area contributed by atoms with E-state index < -0.39 is 0 Å². The topological polar surface area (TPSA) is 87.4 Å². The molecular weight excluding hydrogens is 302 g/mol. The lowest BCUT2D eigenvalue weighted by molar-refractivity contribution is -0.124. The first-order valence-electron chi connectivity index (χ1n) is 7.89. The number of piperazine rings is 1. The average molecular weight is 323 g/mol. The van der Waals surface area contributed by atoms with Gasteiger partial charge in [0.1, 0.15) is 11.8 Å². The summed E-state index contributed by atoms with van der Waals surface area (Å²) in [5, 5.41) is 15.6. The van der Waals surface area contributed by atoms with Gasteiger partial charge in [0.25, 0.3) is 0 Å². The van der Waals surface area contributed by atoms with Crippen molar-refractivity contribution in [3.05, 3.63) is 71.9 Å². The van der Waals surface area contributed by atoms with Gasteiger partial charge in [-0.3, -0.25) is 4.79 Å². The number of phenolic OH excluding ortho intramolecular Hbond substituents is 1. The first kappa shape index (κ1) is 15.9. The lowest BCUT2D eigenvalue weighted by Crippen LogP contribution is -2.57. The van der Waals surface area contributed by atoms with Crippen LogP contribution in [0.15, 0.2) is 60.8 Å². The molecule has 0 aliphatic carbocycles. The Hall–Kier alpha value is -2.95. The second-order valence-corrected chi connectivity index (χ2v) is 6.10. The summed E-state index contributed by atoms with van der Waals surface area (Å²) in [5.41, 5.74) is 9.28. The molecule has 3 rings (SSSR count). The molecule has 2 atom stereocenters. The number of nitrogens with one attached hydrogen (secondary N) is 2. The third-order valence-corrected chi connectivity index (χ3v) is 4.21. The van der Waals surface area contributed by atoms with E-state index in [0.717, 1.165) is 22.5 Å². The van der Waals surface area contributed by atoms with Crippen LogP contribution in [0.4, 0.5) is 5.69 Å². The van der Waals surface area contributed by atoms with E-state index in [2.05, 4.69) is 17.2 Å². The van der Waals surface area contributed by atoms with E-state index in [1.165, 1.54) is 0 Å². The quantitative estimate of drug-likeness (QED) is 0.645. The Morgan fingerprint density at radius 1 is 0.917 bits per heavy atom. The molecule has 0 unspecified atom stereocenters. The third kappa shape index (κ3) is 3.68. The Bertz CT molecular complexity index is 673. The third-order valence-electron chi connectivity index (χ3n) is 4.21. The van der Waals surface area contributed by atoms with Crippen LogP contribution in [-0.4, -0.2) is 23.1 Å². The fourth-order valence-electron chi connectivity index (χ4n) is 2.82. The van der Waals surface area contributed by atoms with E-state index in [1.807, 2.05) is 36.4 Å². The number of nitrogens with two attached hydrogens (primary N) is 1. The van der Waals surface area contributed by atoms with Crippen molar-refractivity contribution in [2.75, 3.05) is 5.73 Å². The predicted molar refractivity (Wildman–Crippen MR) is 94.4 cm³/mol. The highest BCUT2D eigenvalue weighted by molar-refractivity contribution is 5.84. The molecule has 2 aromatic rings. The normalized spacial score (nSPS) is 20.3. The Morgan fingerprint density at radius 3 is 2.08 bits per heavy atom. The fraction of sp³-hybridized carbons (Fsp3) is 0.211. The molecule has 1 fully saturated rings. The highest BCUT2D eigenvalue weighted by Crippen LogP contribution is 2.17. The van der Waals surface area contributed by atoms with Crippen molar-refractivity contribution >= 4 is 11.6 Å². The highest BCUT2D eigenvalue weighted by Gasteiger charge is 2.29. The minimum atomic E-state index is -0.357. The monoisotopic (exact) mass is 323 g/mol. The number of anilines is 1. The minimum Gasteiger partial charge on any atom is -0.508 e. The molecule has 5 nitrogen and oxygen atoms in total. The number of carbonyl (C=O) groups excluding carboxylic acids is 1. The van der Waals surface area contributed by atoms with Crippen LogP contribution in [0, 0.1) is 0 Å². The standard InChI is InChI=1S/C19H21N3O2/c1-12-17(10-13-2-6-15(20)7-3-13)22-19(24)18(21-12)11-14-4-8-16(23)9-5-14/h2-9,17-18,21,23H,1,10-11,20H2,(H,22,24)/t17-,18-/m0/s1. The van der Waals surface area contributed by atoms with Crippen molar-refractivity contribution in [2.24, 2.45) is 0 Å². The number of phenols is 1. The highest BCUT2D eigenvalue weighted by atomic mass is 16.3. The molecule has 5 heteroatoms. The van der Waals surface area contributed by atoms with Gasteiger partial charge in [-0.2, -0.15) is 0 Å². The Morgan fingerprint density at radius 2 is 1.46 bits per heavy atom. The Balaban J connectivity index is 1.63. The summed E-state index contributed by atoms with van der Waals surface area (Å²) in [6.45, 7) is 4.06. The zero-order valence-corrected chi connectivity index (χ0v) is 13.3. The maximum Gasteiger partial charge on any atom is 0.243 e. The van der Waals surface area contributed by atoms with Crippen LogP contribution in [0.2, 0.25) is 0 Å². The zero-order chi connectivity index (χ0) is 17.1. The summed E-state index contributed by atoms with van der Waals surface area (Å²) >= 11 is 0. The van der Waals surface area contributed by atoms with E-state index in [0.29, 0.717) is 12.8 Å². The second-order valence-electron chi connectivity index (χ2n) is 6.10. The number of hydrogen-bond donors (Lipinski definition) is 4. The lowest BCUT2D eigenvalue weighted by atomic mass is 9.97. The maximum absolute atomic E-state index is 12.4. The molecule has 1 heterocycles. The van der Waals surface area contributed by atoms with Crippen LogP contribution in [0.25, 0.3) is 0 Å². The van der Waals surface area contributed by atoms with Gasteiger partial charge in [-0.25, -0.2) is 0 Å². The molecule has 124 valence electrons. The van der Waals surface area contributed by atoms with Crippen molar-refractivity contribution in [1.29, 1.82) is 0 Å². The van der Waals surface area contributed by atoms with Gasteiger partial charge in [0.15, 0.2) is 0 Å². The molecule has 0 saturated carbocycles. The Labute approximate surface area is 141 Å². The minimum absolute atomic E-state index is 0.0454. The maximum atomic E-state index is 12.4. The second kappa shape index (κ2) is 6.66. The van der Waals surface area contributed by atoms with Gasteiger partial charge in [-0.05, 0) is 41.8 Å². The van der Waals surface area contributed by atoms with Crippen molar-refractivity contribution in [1.82, 2.24) is 10.6 Å². The van der Waals surface area contributed by atoms with Crippen molar-refractivity contribution in [3.8, 4) is 5.75 Å². The Kier molecular flexibility index (Phi) is 4.42. The molecule has 1 amide bonds. The van der Waals surface area contributed by atoms with E-state index in [4.69, 9.17) is 5.73 Å². The fourth-order valence-corrected chi connectivity index (χ4v) is 2.82. The van der Waals surface area contributed by atoms with Gasteiger partial charge in [-0.15, -0.1) is 0 Å². The molecule has 1 aliphatic heterocycles. The van der Waals surface area contributed by atoms with E-state index in [1.54, 1.807) is 12.1 Å². The SMILES string of the molecule is C=C1N[C@@H](Cc2ccc(O)cc2)C(=O)N[C@H]1Cc1ccc(N)cc1. The van der Waals surface area contributed by atoms with Gasteiger partial charge in [-0.1, -0.05) is 30.8 Å². The van der Waals surface area contributed by atoms with Gasteiger partial charge in [0.05, 0.1) is 6.04 Å². The van der Waals surface area contributed by atoms with Crippen LogP contribution in [0.5, 0.6) is 5.75 Å².